The van der Waals surface area contributed by atoms with Crippen molar-refractivity contribution in [2.75, 3.05) is 0 Å². The van der Waals surface area contributed by atoms with E-state index >= 15 is 0 Å². The van der Waals surface area contributed by atoms with Gasteiger partial charge in [-0.05, 0) is 46.6 Å². The van der Waals surface area contributed by atoms with Gasteiger partial charge in [-0.15, -0.1) is 0 Å². The summed E-state index contributed by atoms with van der Waals surface area (Å²) in [5, 5.41) is 7.82. The minimum Gasteiger partial charge on any atom is -0.458 e. The predicted molar refractivity (Wildman–Crippen MR) is 96.3 cm³/mol. The zero-order valence-corrected chi connectivity index (χ0v) is 16.8. The molecule has 1 atom stereocenters. The molecule has 0 N–H and O–H groups in total. The van der Waals surface area contributed by atoms with Crippen molar-refractivity contribution >= 4 is 5.97 Å². The molecule has 160 valence electrons. The Morgan fingerprint density at radius 3 is 2.52 bits per heavy atom. The van der Waals surface area contributed by atoms with Gasteiger partial charge in [-0.25, -0.2) is 14.3 Å². The third-order valence-corrected chi connectivity index (χ3v) is 4.57. The number of fused-ring (bicyclic) bond motifs is 1. The van der Waals surface area contributed by atoms with Crippen LogP contribution in [0.2, 0.25) is 0 Å². The van der Waals surface area contributed by atoms with E-state index in [2.05, 4.69) is 10.2 Å². The molecule has 2 aromatic rings. The number of aryl methyl sites for hydroxylation is 2. The van der Waals surface area contributed by atoms with Crippen LogP contribution in [-0.4, -0.2) is 35.7 Å². The first-order valence-electron chi connectivity index (χ1n) is 9.45. The molecule has 0 saturated carbocycles. The van der Waals surface area contributed by atoms with Crippen LogP contribution in [0.1, 0.15) is 63.8 Å². The van der Waals surface area contributed by atoms with E-state index in [1.165, 1.54) is 9.25 Å². The number of esters is 1. The van der Waals surface area contributed by atoms with Gasteiger partial charge >= 0.3 is 17.8 Å². The average Bonchev–Trinajstić information content (AvgIpc) is 3.15. The molecule has 29 heavy (non-hydrogen) atoms. The highest BCUT2D eigenvalue weighted by Gasteiger charge is 2.36. The molecule has 0 aromatic carbocycles. The summed E-state index contributed by atoms with van der Waals surface area (Å²) < 4.78 is 47.9. The molecule has 0 spiro atoms. The first-order chi connectivity index (χ1) is 13.4. The quantitative estimate of drug-likeness (QED) is 0.717. The highest BCUT2D eigenvalue weighted by atomic mass is 19.4. The van der Waals surface area contributed by atoms with E-state index < -0.39 is 35.2 Å². The summed E-state index contributed by atoms with van der Waals surface area (Å²) in [6.07, 6.45) is -2.97. The Kier molecular flexibility index (Phi) is 5.35. The molecule has 8 nitrogen and oxygen atoms in total. The van der Waals surface area contributed by atoms with E-state index in [0.29, 0.717) is 25.1 Å². The largest absolute Gasteiger partial charge is 0.458 e. The first kappa shape index (κ1) is 21.1. The van der Waals surface area contributed by atoms with Crippen LogP contribution in [0.3, 0.4) is 0 Å². The number of carbonyl (C=O) groups excluding carboxylic acids is 1. The molecule has 2 aromatic heterocycles. The van der Waals surface area contributed by atoms with Crippen LogP contribution in [-0.2, 0) is 35.2 Å². The molecule has 1 aliphatic rings. The highest BCUT2D eigenvalue weighted by molar-refractivity contribution is 5.74. The number of hydrogen-bond acceptors (Lipinski definition) is 5. The fourth-order valence-corrected chi connectivity index (χ4v) is 3.38. The lowest BCUT2D eigenvalue weighted by atomic mass is 10.0. The third kappa shape index (κ3) is 4.38. The molecule has 0 saturated heterocycles. The van der Waals surface area contributed by atoms with Gasteiger partial charge in [0.25, 0.3) is 0 Å². The summed E-state index contributed by atoms with van der Waals surface area (Å²) >= 11 is 0. The smallest absolute Gasteiger partial charge is 0.435 e. The average molecular weight is 415 g/mol. The molecule has 0 aliphatic carbocycles. The van der Waals surface area contributed by atoms with Crippen molar-refractivity contribution in [3.63, 3.8) is 0 Å². The molecule has 0 radical (unpaired) electrons. The number of rotatable bonds is 4. The standard InChI is InChI=1S/C18H24F3N5O3/c1-5-24-11(9-13(22-24)18(19,20)21)10-25-16(28)26-12(7-6-8-14(26)23-25)15(27)29-17(2,3)4/h9,12H,5-8,10H2,1-4H3/t12-/m0/s1. The van der Waals surface area contributed by atoms with Gasteiger partial charge < -0.3 is 4.74 Å². The Bertz CT molecular complexity index is 965. The Morgan fingerprint density at radius 1 is 1.24 bits per heavy atom. The molecule has 1 aliphatic heterocycles. The second-order valence-electron chi connectivity index (χ2n) is 8.00. The van der Waals surface area contributed by atoms with Gasteiger partial charge in [0.05, 0.1) is 12.2 Å². The maximum absolute atomic E-state index is 13.0. The Morgan fingerprint density at radius 2 is 1.93 bits per heavy atom. The van der Waals surface area contributed by atoms with Crippen molar-refractivity contribution in [1.82, 2.24) is 24.1 Å². The third-order valence-electron chi connectivity index (χ3n) is 4.57. The van der Waals surface area contributed by atoms with Gasteiger partial charge in [0, 0.05) is 13.0 Å². The molecule has 3 rings (SSSR count). The van der Waals surface area contributed by atoms with Gasteiger partial charge in [-0.1, -0.05) is 0 Å². The highest BCUT2D eigenvalue weighted by Crippen LogP contribution is 2.29. The second-order valence-corrected chi connectivity index (χ2v) is 8.00. The van der Waals surface area contributed by atoms with Crippen molar-refractivity contribution in [2.24, 2.45) is 0 Å². The van der Waals surface area contributed by atoms with E-state index in [1.807, 2.05) is 0 Å². The Hall–Kier alpha value is -2.59. The van der Waals surface area contributed by atoms with E-state index in [4.69, 9.17) is 4.74 Å². The van der Waals surface area contributed by atoms with Crippen LogP contribution < -0.4 is 5.69 Å². The summed E-state index contributed by atoms with van der Waals surface area (Å²) in [5.74, 6) is -0.0891. The monoisotopic (exact) mass is 415 g/mol. The summed E-state index contributed by atoms with van der Waals surface area (Å²) in [6.45, 7) is 6.93. The van der Waals surface area contributed by atoms with Crippen LogP contribution >= 0.6 is 0 Å². The number of ether oxygens (including phenoxy) is 1. The number of hydrogen-bond donors (Lipinski definition) is 0. The summed E-state index contributed by atoms with van der Waals surface area (Å²) in [4.78, 5) is 25.5. The van der Waals surface area contributed by atoms with Crippen molar-refractivity contribution in [3.8, 4) is 0 Å². The molecule has 0 fully saturated rings. The SMILES string of the molecule is CCn1nc(C(F)(F)F)cc1Cn1nc2n(c1=O)[C@H](C(=O)OC(C)(C)C)CCC2. The van der Waals surface area contributed by atoms with E-state index in [1.54, 1.807) is 27.7 Å². The number of alkyl halides is 3. The van der Waals surface area contributed by atoms with Crippen molar-refractivity contribution in [3.05, 3.63) is 33.8 Å². The molecule has 0 amide bonds. The van der Waals surface area contributed by atoms with Crippen LogP contribution in [0.25, 0.3) is 0 Å². The van der Waals surface area contributed by atoms with Gasteiger partial charge in [0.15, 0.2) is 5.69 Å². The fourth-order valence-electron chi connectivity index (χ4n) is 3.38. The minimum absolute atomic E-state index is 0.170. The molecule has 0 unspecified atom stereocenters. The minimum atomic E-state index is -4.57. The molecule has 0 bridgehead atoms. The number of aromatic nitrogens is 5. The Balaban J connectivity index is 1.94. The van der Waals surface area contributed by atoms with Gasteiger partial charge in [0.1, 0.15) is 17.5 Å². The topological polar surface area (TPSA) is 83.9 Å². The van der Waals surface area contributed by atoms with Crippen molar-refractivity contribution in [2.45, 2.75) is 77.9 Å². The zero-order chi connectivity index (χ0) is 21.6. The maximum Gasteiger partial charge on any atom is 0.435 e. The zero-order valence-electron chi connectivity index (χ0n) is 16.8. The van der Waals surface area contributed by atoms with Crippen LogP contribution in [0, 0.1) is 0 Å². The number of nitrogens with zero attached hydrogens (tertiary/aromatic N) is 5. The predicted octanol–water partition coefficient (Wildman–Crippen LogP) is 2.55. The fraction of sp³-hybridized carbons (Fsp3) is 0.667. The lowest BCUT2D eigenvalue weighted by Crippen LogP contribution is -2.38. The first-order valence-corrected chi connectivity index (χ1v) is 9.45. The maximum atomic E-state index is 13.0. The van der Waals surface area contributed by atoms with Crippen molar-refractivity contribution in [1.29, 1.82) is 0 Å². The normalized spacial score (nSPS) is 17.3. The van der Waals surface area contributed by atoms with Crippen LogP contribution in [0.15, 0.2) is 10.9 Å². The van der Waals surface area contributed by atoms with Crippen molar-refractivity contribution < 1.29 is 22.7 Å². The van der Waals surface area contributed by atoms with E-state index in [0.717, 1.165) is 10.7 Å². The van der Waals surface area contributed by atoms with Gasteiger partial charge in [-0.2, -0.15) is 23.4 Å². The molecule has 3 heterocycles. The summed E-state index contributed by atoms with van der Waals surface area (Å²) in [6, 6.07) is 0.126. The molecular formula is C18H24F3N5O3. The summed E-state index contributed by atoms with van der Waals surface area (Å²) in [7, 11) is 0. The van der Waals surface area contributed by atoms with Gasteiger partial charge in [0.2, 0.25) is 0 Å². The molecular weight excluding hydrogens is 391 g/mol. The summed E-state index contributed by atoms with van der Waals surface area (Å²) in [5.41, 5.74) is -2.05. The van der Waals surface area contributed by atoms with Crippen LogP contribution in [0.5, 0.6) is 0 Å². The second kappa shape index (κ2) is 7.34. The van der Waals surface area contributed by atoms with E-state index in [9.17, 15) is 22.8 Å². The Labute approximate surface area is 165 Å². The number of halogens is 3. The lowest BCUT2D eigenvalue weighted by Gasteiger charge is -2.26. The molecule has 11 heteroatoms. The van der Waals surface area contributed by atoms with Gasteiger partial charge in [-0.3, -0.25) is 9.25 Å². The van der Waals surface area contributed by atoms with Crippen LogP contribution in [0.4, 0.5) is 13.2 Å². The van der Waals surface area contributed by atoms with E-state index in [-0.39, 0.29) is 18.8 Å². The number of carbonyl (C=O) groups is 1. The lowest BCUT2D eigenvalue weighted by molar-refractivity contribution is -0.159.